The molecule has 6 nitrogen and oxygen atoms in total. The maximum Gasteiger partial charge on any atom is 0.481 e. The molecular weight excluding hydrogens is 258 g/mol. The van der Waals surface area contributed by atoms with Crippen molar-refractivity contribution in [2.45, 2.75) is 16.9 Å². The molecule has 0 saturated carbocycles. The molecule has 0 saturated heterocycles. The first-order valence-electron chi connectivity index (χ1n) is 4.99. The van der Waals surface area contributed by atoms with E-state index in [2.05, 4.69) is 0 Å². The number of hydrogen-bond acceptors (Lipinski definition) is 4. The number of hydrogen-bond donors (Lipinski definition) is 1. The molecule has 0 aliphatic heterocycles. The van der Waals surface area contributed by atoms with E-state index in [9.17, 15) is 13.3 Å². The van der Waals surface area contributed by atoms with Crippen LogP contribution in [0.1, 0.15) is 5.56 Å². The fraction of sp³-hybridized carbons (Fsp3) is 0.0909. The quantitative estimate of drug-likeness (QED) is 0.862. The lowest BCUT2D eigenvalue weighted by molar-refractivity contribution is -0.738. The van der Waals surface area contributed by atoms with Gasteiger partial charge in [-0.2, -0.15) is 0 Å². The van der Waals surface area contributed by atoms with Crippen molar-refractivity contribution < 1.29 is 23.0 Å². The maximum atomic E-state index is 12.1. The highest BCUT2D eigenvalue weighted by Crippen LogP contribution is 2.25. The average Bonchev–Trinajstić information content (AvgIpc) is 2.79. The van der Waals surface area contributed by atoms with E-state index < -0.39 is 25.7 Å². The van der Waals surface area contributed by atoms with Gasteiger partial charge in [0.25, 0.3) is 4.92 Å². The van der Waals surface area contributed by atoms with Crippen molar-refractivity contribution in [3.05, 3.63) is 46.9 Å². The van der Waals surface area contributed by atoms with Crippen molar-refractivity contribution in [2.75, 3.05) is 0 Å². The highest BCUT2D eigenvalue weighted by atomic mass is 32.2. The topological polar surface area (TPSA) is 87.6 Å². The Labute approximate surface area is 103 Å². The van der Waals surface area contributed by atoms with Crippen LogP contribution in [0.4, 0.5) is 5.88 Å². The number of benzene rings is 1. The summed E-state index contributed by atoms with van der Waals surface area (Å²) in [6.07, 6.45) is 0. The number of furan rings is 1. The fourth-order valence-corrected chi connectivity index (χ4v) is 2.56. The third kappa shape index (κ3) is 2.12. The summed E-state index contributed by atoms with van der Waals surface area (Å²) in [6, 6.07) is 8.40. The summed E-state index contributed by atoms with van der Waals surface area (Å²) in [6.45, 7) is 1.84. The molecule has 0 aliphatic rings. The predicted molar refractivity (Wildman–Crippen MR) is 60.4 cm³/mol. The minimum absolute atomic E-state index is 0.0596. The molecule has 0 spiro atoms. The van der Waals surface area contributed by atoms with Crippen LogP contribution in [0.25, 0.3) is 0 Å². The highest BCUT2D eigenvalue weighted by Gasteiger charge is 2.26. The summed E-state index contributed by atoms with van der Waals surface area (Å²) in [4.78, 5) is 10.1. The number of rotatable bonds is 3. The molecule has 1 N–H and O–H groups in total. The monoisotopic (exact) mass is 268 g/mol. The SMILES string of the molecule is Cc1ccc(S(=O)(=O)c2ccc([N+](=O)O)o2)cc1. The molecule has 1 aromatic carbocycles. The Balaban J connectivity index is 2.47. The smallest absolute Gasteiger partial charge is 0.386 e. The van der Waals surface area contributed by atoms with Crippen LogP contribution in [0.5, 0.6) is 0 Å². The molecule has 0 bridgehead atoms. The average molecular weight is 268 g/mol. The molecule has 0 fully saturated rings. The molecule has 0 aliphatic carbocycles. The van der Waals surface area contributed by atoms with Crippen molar-refractivity contribution in [3.63, 3.8) is 0 Å². The van der Waals surface area contributed by atoms with Gasteiger partial charge in [0.2, 0.25) is 14.9 Å². The van der Waals surface area contributed by atoms with Crippen LogP contribution in [0.2, 0.25) is 0 Å². The van der Waals surface area contributed by atoms with Gasteiger partial charge >= 0.3 is 5.88 Å². The molecule has 2 rings (SSSR count). The zero-order valence-corrected chi connectivity index (χ0v) is 10.2. The second kappa shape index (κ2) is 4.26. The summed E-state index contributed by atoms with van der Waals surface area (Å²) in [7, 11) is -3.81. The van der Waals surface area contributed by atoms with E-state index in [0.717, 1.165) is 17.7 Å². The normalized spacial score (nSPS) is 11.4. The van der Waals surface area contributed by atoms with Crippen LogP contribution in [-0.4, -0.2) is 18.5 Å². The number of aryl methyl sites for hydroxylation is 1. The molecule has 7 heteroatoms. The van der Waals surface area contributed by atoms with Crippen LogP contribution >= 0.6 is 0 Å². The summed E-state index contributed by atoms with van der Waals surface area (Å²) in [5, 5.41) is 8.21. The van der Waals surface area contributed by atoms with Gasteiger partial charge in [-0.25, -0.2) is 13.6 Å². The first-order valence-corrected chi connectivity index (χ1v) is 6.47. The van der Waals surface area contributed by atoms with Crippen LogP contribution in [0, 0.1) is 11.8 Å². The van der Waals surface area contributed by atoms with Crippen LogP contribution < -0.4 is 0 Å². The van der Waals surface area contributed by atoms with Crippen molar-refractivity contribution in [3.8, 4) is 0 Å². The second-order valence-corrected chi connectivity index (χ2v) is 5.56. The second-order valence-electron chi connectivity index (χ2n) is 3.68. The van der Waals surface area contributed by atoms with Crippen molar-refractivity contribution >= 4 is 15.7 Å². The largest absolute Gasteiger partial charge is 0.481 e. The van der Waals surface area contributed by atoms with E-state index in [1.54, 1.807) is 12.1 Å². The van der Waals surface area contributed by atoms with E-state index in [1.807, 2.05) is 6.92 Å². The van der Waals surface area contributed by atoms with Crippen molar-refractivity contribution in [2.24, 2.45) is 0 Å². The molecule has 2 aromatic rings. The molecule has 18 heavy (non-hydrogen) atoms. The van der Waals surface area contributed by atoms with E-state index in [0.29, 0.717) is 0 Å². The van der Waals surface area contributed by atoms with Gasteiger partial charge in [-0.15, -0.1) is 0 Å². The van der Waals surface area contributed by atoms with Gasteiger partial charge < -0.3 is 4.42 Å². The lowest BCUT2D eigenvalue weighted by atomic mass is 10.2. The molecule has 0 amide bonds. The minimum atomic E-state index is -3.81. The molecule has 94 valence electrons. The van der Waals surface area contributed by atoms with Crippen LogP contribution in [-0.2, 0) is 9.84 Å². The van der Waals surface area contributed by atoms with Gasteiger partial charge in [0.05, 0.1) is 15.9 Å². The van der Waals surface area contributed by atoms with Gasteiger partial charge in [-0.1, -0.05) is 17.7 Å². The lowest BCUT2D eigenvalue weighted by Gasteiger charge is -2.00. The van der Waals surface area contributed by atoms with Gasteiger partial charge in [0, 0.05) is 6.07 Å². The zero-order valence-electron chi connectivity index (χ0n) is 9.40. The highest BCUT2D eigenvalue weighted by molar-refractivity contribution is 7.91. The first kappa shape index (κ1) is 12.3. The lowest BCUT2D eigenvalue weighted by Crippen LogP contribution is -2.00. The Hall–Kier alpha value is -2.15. The van der Waals surface area contributed by atoms with E-state index in [1.165, 1.54) is 12.1 Å². The summed E-state index contributed by atoms with van der Waals surface area (Å²) >= 11 is 0. The third-order valence-electron chi connectivity index (χ3n) is 2.35. The Morgan fingerprint density at radius 1 is 1.11 bits per heavy atom. The minimum Gasteiger partial charge on any atom is -0.386 e. The van der Waals surface area contributed by atoms with Crippen molar-refractivity contribution in [1.82, 2.24) is 0 Å². The molecular formula is C11H10NO5S+. The fourth-order valence-electron chi connectivity index (χ4n) is 1.39. The predicted octanol–water partition coefficient (Wildman–Crippen LogP) is 2.22. The molecule has 0 radical (unpaired) electrons. The van der Waals surface area contributed by atoms with E-state index in [-0.39, 0.29) is 4.90 Å². The number of nitrogens with zero attached hydrogens (tertiary/aromatic N) is 1. The summed E-state index contributed by atoms with van der Waals surface area (Å²) in [5.74, 6) is -0.485. The first-order chi connectivity index (χ1) is 8.41. The van der Waals surface area contributed by atoms with Gasteiger partial charge in [-0.05, 0) is 19.1 Å². The van der Waals surface area contributed by atoms with Crippen molar-refractivity contribution in [1.29, 1.82) is 0 Å². The Morgan fingerprint density at radius 3 is 2.22 bits per heavy atom. The standard InChI is InChI=1S/C11H10NO5S/c1-8-2-4-9(5-3-8)18(15,16)11-7-6-10(17-11)12(13)14/h2-7H,1H3,(H,13,14)/q+1. The molecule has 1 heterocycles. The number of sulfone groups is 1. The van der Waals surface area contributed by atoms with E-state index >= 15 is 0 Å². The van der Waals surface area contributed by atoms with Gasteiger partial charge in [0.1, 0.15) is 0 Å². The van der Waals surface area contributed by atoms with E-state index in [4.69, 9.17) is 9.62 Å². The Bertz CT molecular complexity index is 684. The Kier molecular flexibility index (Phi) is 2.92. The Morgan fingerprint density at radius 2 is 1.72 bits per heavy atom. The van der Waals surface area contributed by atoms with Crippen LogP contribution in [0.15, 0.2) is 50.8 Å². The van der Waals surface area contributed by atoms with Gasteiger partial charge in [0.15, 0.2) is 0 Å². The summed E-state index contributed by atoms with van der Waals surface area (Å²) in [5.41, 5.74) is 0.926. The van der Waals surface area contributed by atoms with Gasteiger partial charge in [-0.3, -0.25) is 0 Å². The van der Waals surface area contributed by atoms with Crippen LogP contribution in [0.3, 0.4) is 0 Å². The zero-order chi connectivity index (χ0) is 13.3. The third-order valence-corrected chi connectivity index (χ3v) is 3.99. The summed E-state index contributed by atoms with van der Waals surface area (Å²) < 4.78 is 28.9. The molecule has 1 aromatic heterocycles. The maximum absolute atomic E-state index is 12.1. The molecule has 0 unspecified atom stereocenters. The molecule has 0 atom stereocenters.